The molecular formula is C26H22FN5OS. The zero-order valence-corrected chi connectivity index (χ0v) is 19.1. The molecule has 3 N–H and O–H groups in total. The summed E-state index contributed by atoms with van der Waals surface area (Å²) in [6, 6.07) is 20.8. The summed E-state index contributed by atoms with van der Waals surface area (Å²) in [6.07, 6.45) is 3.86. The standard InChI is InChI=1S/C26H22FN5OS/c27-21-14-17(10-11-19(21)18-15-29-25(28)30-16-18)20-6-1-4-9-24(20)34-13-5-12-32-23-8-3-2-7-22(23)31-26(32)33/h1-4,6-11,14-16H,5,12-13H2,(H,31,33)(H2,28,29,30). The molecule has 0 fully saturated rings. The Balaban J connectivity index is 1.31. The molecule has 0 unspecified atom stereocenters. The molecule has 2 aromatic heterocycles. The summed E-state index contributed by atoms with van der Waals surface area (Å²) in [5.74, 6) is 0.637. The number of aromatic amines is 1. The summed E-state index contributed by atoms with van der Waals surface area (Å²) in [7, 11) is 0. The highest BCUT2D eigenvalue weighted by Crippen LogP contribution is 2.34. The predicted octanol–water partition coefficient (Wildman–Crippen LogP) is 5.36. The first-order chi connectivity index (χ1) is 16.6. The molecule has 5 rings (SSSR count). The van der Waals surface area contributed by atoms with E-state index in [-0.39, 0.29) is 17.5 Å². The van der Waals surface area contributed by atoms with Crippen molar-refractivity contribution in [1.29, 1.82) is 0 Å². The summed E-state index contributed by atoms with van der Waals surface area (Å²) in [5.41, 5.74) is 9.98. The van der Waals surface area contributed by atoms with E-state index >= 15 is 0 Å². The Kier molecular flexibility index (Phi) is 6.14. The monoisotopic (exact) mass is 471 g/mol. The van der Waals surface area contributed by atoms with Crippen molar-refractivity contribution in [2.75, 3.05) is 11.5 Å². The van der Waals surface area contributed by atoms with Crippen molar-refractivity contribution in [3.63, 3.8) is 0 Å². The molecule has 0 bridgehead atoms. The molecule has 8 heteroatoms. The van der Waals surface area contributed by atoms with E-state index in [0.29, 0.717) is 17.7 Å². The number of aryl methyl sites for hydroxylation is 1. The van der Waals surface area contributed by atoms with Gasteiger partial charge in [0.25, 0.3) is 0 Å². The van der Waals surface area contributed by atoms with E-state index in [1.807, 2.05) is 54.6 Å². The highest BCUT2D eigenvalue weighted by Gasteiger charge is 2.12. The van der Waals surface area contributed by atoms with Gasteiger partial charge in [-0.25, -0.2) is 19.2 Å². The number of anilines is 1. The second-order valence-corrected chi connectivity index (χ2v) is 8.96. The number of fused-ring (bicyclic) bond motifs is 1. The van der Waals surface area contributed by atoms with Crippen LogP contribution in [0, 0.1) is 5.82 Å². The number of para-hydroxylation sites is 2. The molecule has 5 aromatic rings. The van der Waals surface area contributed by atoms with Crippen LogP contribution in [-0.2, 0) is 6.54 Å². The Morgan fingerprint density at radius 2 is 1.71 bits per heavy atom. The van der Waals surface area contributed by atoms with Gasteiger partial charge >= 0.3 is 5.69 Å². The summed E-state index contributed by atoms with van der Waals surface area (Å²) >= 11 is 1.70. The van der Waals surface area contributed by atoms with Crippen molar-refractivity contribution in [2.24, 2.45) is 0 Å². The molecular weight excluding hydrogens is 449 g/mol. The fourth-order valence-electron chi connectivity index (χ4n) is 3.96. The molecule has 0 aliphatic rings. The molecule has 0 atom stereocenters. The van der Waals surface area contributed by atoms with Gasteiger partial charge < -0.3 is 10.7 Å². The van der Waals surface area contributed by atoms with Gasteiger partial charge in [-0.15, -0.1) is 11.8 Å². The van der Waals surface area contributed by atoms with E-state index < -0.39 is 0 Å². The second-order valence-electron chi connectivity index (χ2n) is 7.82. The van der Waals surface area contributed by atoms with Crippen LogP contribution in [0.25, 0.3) is 33.3 Å². The fourth-order valence-corrected chi connectivity index (χ4v) is 4.97. The first-order valence-electron chi connectivity index (χ1n) is 10.9. The average Bonchev–Trinajstić information content (AvgIpc) is 3.17. The van der Waals surface area contributed by atoms with Crippen molar-refractivity contribution < 1.29 is 4.39 Å². The summed E-state index contributed by atoms with van der Waals surface area (Å²) in [5, 5.41) is 0. The van der Waals surface area contributed by atoms with E-state index in [4.69, 9.17) is 5.73 Å². The molecule has 170 valence electrons. The Bertz CT molecular complexity index is 1510. The van der Waals surface area contributed by atoms with Crippen LogP contribution in [0.4, 0.5) is 10.3 Å². The number of halogens is 1. The maximum Gasteiger partial charge on any atom is 0.326 e. The lowest BCUT2D eigenvalue weighted by atomic mass is 10.0. The number of nitrogens with zero attached hydrogens (tertiary/aromatic N) is 3. The molecule has 3 aromatic carbocycles. The third-order valence-corrected chi connectivity index (χ3v) is 6.77. The average molecular weight is 472 g/mol. The maximum absolute atomic E-state index is 15.0. The molecule has 0 saturated heterocycles. The van der Waals surface area contributed by atoms with Gasteiger partial charge in [-0.1, -0.05) is 42.5 Å². The summed E-state index contributed by atoms with van der Waals surface area (Å²) < 4.78 is 16.7. The van der Waals surface area contributed by atoms with Crippen LogP contribution in [0.15, 0.2) is 88.8 Å². The molecule has 0 spiro atoms. The van der Waals surface area contributed by atoms with Crippen molar-refractivity contribution in [1.82, 2.24) is 19.5 Å². The summed E-state index contributed by atoms with van der Waals surface area (Å²) in [6.45, 7) is 0.630. The Morgan fingerprint density at radius 3 is 2.53 bits per heavy atom. The van der Waals surface area contributed by atoms with Crippen molar-refractivity contribution >= 4 is 28.7 Å². The minimum atomic E-state index is -0.343. The number of nitrogen functional groups attached to an aromatic ring is 1. The molecule has 34 heavy (non-hydrogen) atoms. The number of aromatic nitrogens is 4. The van der Waals surface area contributed by atoms with Crippen LogP contribution in [0.1, 0.15) is 6.42 Å². The number of rotatable bonds is 7. The van der Waals surface area contributed by atoms with E-state index in [0.717, 1.165) is 39.2 Å². The van der Waals surface area contributed by atoms with Gasteiger partial charge in [0, 0.05) is 35.0 Å². The number of benzene rings is 3. The number of nitrogens with one attached hydrogen (secondary N) is 1. The van der Waals surface area contributed by atoms with Crippen molar-refractivity contribution in [3.8, 4) is 22.3 Å². The highest BCUT2D eigenvalue weighted by atomic mass is 32.2. The van der Waals surface area contributed by atoms with E-state index in [1.165, 1.54) is 18.5 Å². The van der Waals surface area contributed by atoms with E-state index in [1.54, 1.807) is 22.4 Å². The second kappa shape index (κ2) is 9.52. The Labute approximate surface area is 199 Å². The largest absolute Gasteiger partial charge is 0.368 e. The normalized spacial score (nSPS) is 11.2. The van der Waals surface area contributed by atoms with Gasteiger partial charge in [-0.3, -0.25) is 4.57 Å². The van der Waals surface area contributed by atoms with Gasteiger partial charge in [0.05, 0.1) is 11.0 Å². The lowest BCUT2D eigenvalue weighted by Gasteiger charge is -2.11. The Hall–Kier alpha value is -3.91. The molecule has 0 aliphatic carbocycles. The number of hydrogen-bond acceptors (Lipinski definition) is 5. The number of thioether (sulfide) groups is 1. The van der Waals surface area contributed by atoms with Gasteiger partial charge in [0.2, 0.25) is 5.95 Å². The number of H-pyrrole nitrogens is 1. The zero-order valence-electron chi connectivity index (χ0n) is 18.2. The maximum atomic E-state index is 15.0. The first kappa shape index (κ1) is 21.9. The minimum Gasteiger partial charge on any atom is -0.368 e. The smallest absolute Gasteiger partial charge is 0.326 e. The third-order valence-electron chi connectivity index (χ3n) is 5.62. The summed E-state index contributed by atoms with van der Waals surface area (Å²) in [4.78, 5) is 24.1. The molecule has 0 saturated carbocycles. The fraction of sp³-hybridized carbons (Fsp3) is 0.115. The van der Waals surface area contributed by atoms with Crippen LogP contribution in [-0.4, -0.2) is 25.3 Å². The highest BCUT2D eigenvalue weighted by molar-refractivity contribution is 7.99. The van der Waals surface area contributed by atoms with Crippen LogP contribution < -0.4 is 11.4 Å². The van der Waals surface area contributed by atoms with Crippen LogP contribution in [0.2, 0.25) is 0 Å². The van der Waals surface area contributed by atoms with Gasteiger partial charge in [-0.05, 0) is 47.6 Å². The third kappa shape index (κ3) is 4.45. The van der Waals surface area contributed by atoms with Crippen LogP contribution in [0.5, 0.6) is 0 Å². The quantitative estimate of drug-likeness (QED) is 0.246. The SMILES string of the molecule is Nc1ncc(-c2ccc(-c3ccccc3SCCCn3c(=O)[nH]c4ccccc43)cc2F)cn1. The molecule has 0 aliphatic heterocycles. The van der Waals surface area contributed by atoms with Crippen LogP contribution in [0.3, 0.4) is 0 Å². The predicted molar refractivity (Wildman–Crippen MR) is 135 cm³/mol. The lowest BCUT2D eigenvalue weighted by Crippen LogP contribution is -2.17. The number of imidazole rings is 1. The van der Waals surface area contributed by atoms with Crippen molar-refractivity contribution in [2.45, 2.75) is 17.9 Å². The first-order valence-corrected chi connectivity index (χ1v) is 11.9. The van der Waals surface area contributed by atoms with Crippen molar-refractivity contribution in [3.05, 3.63) is 95.4 Å². The molecule has 2 heterocycles. The molecule has 0 radical (unpaired) electrons. The van der Waals surface area contributed by atoms with E-state index in [2.05, 4.69) is 15.0 Å². The lowest BCUT2D eigenvalue weighted by molar-refractivity contribution is 0.631. The van der Waals surface area contributed by atoms with Gasteiger partial charge in [0.15, 0.2) is 0 Å². The van der Waals surface area contributed by atoms with E-state index in [9.17, 15) is 9.18 Å². The van der Waals surface area contributed by atoms with Crippen LogP contribution >= 0.6 is 11.8 Å². The zero-order chi connectivity index (χ0) is 23.5. The number of nitrogens with two attached hydrogens (primary N) is 1. The molecule has 0 amide bonds. The Morgan fingerprint density at radius 1 is 0.941 bits per heavy atom. The topological polar surface area (TPSA) is 89.6 Å². The van der Waals surface area contributed by atoms with Gasteiger partial charge in [-0.2, -0.15) is 0 Å². The van der Waals surface area contributed by atoms with Gasteiger partial charge in [0.1, 0.15) is 5.82 Å². The minimum absolute atomic E-state index is 0.0892. The number of hydrogen-bond donors (Lipinski definition) is 2. The molecule has 6 nitrogen and oxygen atoms in total.